The highest BCUT2D eigenvalue weighted by atomic mass is 32.2. The van der Waals surface area contributed by atoms with Gasteiger partial charge in [0.05, 0.1) is 19.1 Å². The number of sulfonamides is 1. The second-order valence-electron chi connectivity index (χ2n) is 10.2. The fourth-order valence-corrected chi connectivity index (χ4v) is 5.60. The van der Waals surface area contributed by atoms with Crippen LogP contribution < -0.4 is 19.1 Å². The molecule has 0 aliphatic rings. The van der Waals surface area contributed by atoms with Gasteiger partial charge in [-0.3, -0.25) is 13.9 Å². The molecule has 1 N–H and O–H groups in total. The number of nitrogens with one attached hydrogen (secondary N) is 1. The van der Waals surface area contributed by atoms with Crippen molar-refractivity contribution >= 4 is 27.5 Å². The van der Waals surface area contributed by atoms with E-state index in [4.69, 9.17) is 9.47 Å². The largest absolute Gasteiger partial charge is 0.497 e. The molecule has 0 saturated carbocycles. The summed E-state index contributed by atoms with van der Waals surface area (Å²) in [6, 6.07) is 31.9. The lowest BCUT2D eigenvalue weighted by Crippen LogP contribution is -2.52. The Balaban J connectivity index is 1.62. The Morgan fingerprint density at radius 2 is 1.41 bits per heavy atom. The summed E-state index contributed by atoms with van der Waals surface area (Å²) in [6.45, 7) is -0.0872. The molecule has 0 heterocycles. The van der Waals surface area contributed by atoms with E-state index in [0.717, 1.165) is 27.3 Å². The Labute approximate surface area is 259 Å². The van der Waals surface area contributed by atoms with Gasteiger partial charge in [0.15, 0.2) is 0 Å². The van der Waals surface area contributed by atoms with Crippen LogP contribution in [0.25, 0.3) is 0 Å². The first kappa shape index (κ1) is 32.1. The molecule has 230 valence electrons. The molecule has 4 rings (SSSR count). The number of carbonyl (C=O) groups is 2. The minimum atomic E-state index is -3.88. The summed E-state index contributed by atoms with van der Waals surface area (Å²) < 4.78 is 38.3. The second-order valence-corrected chi connectivity index (χ2v) is 12.1. The number of carbonyl (C=O) groups excluding carboxylic acids is 2. The van der Waals surface area contributed by atoms with Crippen LogP contribution in [0.3, 0.4) is 0 Å². The predicted octanol–water partition coefficient (Wildman–Crippen LogP) is 4.43. The van der Waals surface area contributed by atoms with E-state index in [1.165, 1.54) is 11.9 Å². The SMILES string of the molecule is CNC(=O)C(Cc1ccccc1)N(Cc1cccc(OC)c1)C(=O)CN(c1ccc(OCc2ccccc2)cc1)S(C)(=O)=O. The average molecular weight is 616 g/mol. The maximum absolute atomic E-state index is 14.1. The number of nitrogens with zero attached hydrogens (tertiary/aromatic N) is 2. The number of likely N-dealkylation sites (N-methyl/N-ethyl adjacent to an activating group) is 1. The minimum Gasteiger partial charge on any atom is -0.497 e. The van der Waals surface area contributed by atoms with Gasteiger partial charge in [-0.1, -0.05) is 72.8 Å². The van der Waals surface area contributed by atoms with E-state index in [2.05, 4.69) is 5.32 Å². The zero-order chi connectivity index (χ0) is 31.5. The van der Waals surface area contributed by atoms with Crippen LogP contribution in [-0.2, 0) is 39.2 Å². The number of hydrogen-bond donors (Lipinski definition) is 1. The number of anilines is 1. The van der Waals surface area contributed by atoms with Gasteiger partial charge in [-0.05, 0) is 53.1 Å². The summed E-state index contributed by atoms with van der Waals surface area (Å²) in [5.41, 5.74) is 2.88. The van der Waals surface area contributed by atoms with Crippen LogP contribution in [-0.4, -0.2) is 58.1 Å². The van der Waals surface area contributed by atoms with E-state index in [1.54, 1.807) is 49.6 Å². The van der Waals surface area contributed by atoms with Crippen LogP contribution >= 0.6 is 0 Å². The average Bonchev–Trinajstić information content (AvgIpc) is 3.04. The normalized spacial score (nSPS) is 11.7. The Morgan fingerprint density at radius 3 is 2.00 bits per heavy atom. The lowest BCUT2D eigenvalue weighted by molar-refractivity contribution is -0.139. The van der Waals surface area contributed by atoms with Crippen molar-refractivity contribution in [2.24, 2.45) is 0 Å². The van der Waals surface area contributed by atoms with Crippen molar-refractivity contribution in [2.75, 3.05) is 31.3 Å². The van der Waals surface area contributed by atoms with Gasteiger partial charge in [0.1, 0.15) is 30.7 Å². The summed E-state index contributed by atoms with van der Waals surface area (Å²) in [7, 11) is -0.823. The van der Waals surface area contributed by atoms with Crippen LogP contribution in [0.4, 0.5) is 5.69 Å². The molecule has 0 aliphatic heterocycles. The number of hydrogen-bond acceptors (Lipinski definition) is 6. The first-order valence-corrected chi connectivity index (χ1v) is 15.9. The zero-order valence-electron chi connectivity index (χ0n) is 25.1. The molecule has 1 atom stereocenters. The quantitative estimate of drug-likeness (QED) is 0.225. The van der Waals surface area contributed by atoms with E-state index in [1.807, 2.05) is 66.7 Å². The number of ether oxygens (including phenoxy) is 2. The molecule has 0 fully saturated rings. The molecule has 0 saturated heterocycles. The highest BCUT2D eigenvalue weighted by Gasteiger charge is 2.32. The van der Waals surface area contributed by atoms with E-state index in [-0.39, 0.29) is 18.9 Å². The summed E-state index contributed by atoms with van der Waals surface area (Å²) >= 11 is 0. The van der Waals surface area contributed by atoms with Gasteiger partial charge in [0.25, 0.3) is 0 Å². The monoisotopic (exact) mass is 615 g/mol. The van der Waals surface area contributed by atoms with Crippen molar-refractivity contribution in [1.82, 2.24) is 10.2 Å². The third-order valence-corrected chi connectivity index (χ3v) is 8.20. The van der Waals surface area contributed by atoms with E-state index in [9.17, 15) is 18.0 Å². The van der Waals surface area contributed by atoms with Crippen molar-refractivity contribution in [2.45, 2.75) is 25.6 Å². The summed E-state index contributed by atoms with van der Waals surface area (Å²) in [6.07, 6.45) is 1.29. The molecule has 10 heteroatoms. The third-order valence-electron chi connectivity index (χ3n) is 7.06. The minimum absolute atomic E-state index is 0.0603. The van der Waals surface area contributed by atoms with Gasteiger partial charge in [-0.15, -0.1) is 0 Å². The first-order valence-electron chi connectivity index (χ1n) is 14.1. The molecule has 1 unspecified atom stereocenters. The van der Waals surface area contributed by atoms with Crippen LogP contribution in [0.15, 0.2) is 109 Å². The molecule has 0 aliphatic carbocycles. The number of rotatable bonds is 14. The lowest BCUT2D eigenvalue weighted by atomic mass is 10.0. The van der Waals surface area contributed by atoms with Gasteiger partial charge in [-0.25, -0.2) is 8.42 Å². The van der Waals surface area contributed by atoms with Crippen LogP contribution in [0, 0.1) is 0 Å². The molecule has 2 amide bonds. The molecule has 0 spiro atoms. The molecule has 4 aromatic rings. The number of amides is 2. The van der Waals surface area contributed by atoms with Gasteiger partial charge in [0.2, 0.25) is 21.8 Å². The molecule has 44 heavy (non-hydrogen) atoms. The van der Waals surface area contributed by atoms with Crippen molar-refractivity contribution in [3.63, 3.8) is 0 Å². The highest BCUT2D eigenvalue weighted by molar-refractivity contribution is 7.92. The smallest absolute Gasteiger partial charge is 0.244 e. The van der Waals surface area contributed by atoms with Gasteiger partial charge in [0, 0.05) is 20.0 Å². The van der Waals surface area contributed by atoms with Crippen molar-refractivity contribution in [3.05, 3.63) is 126 Å². The van der Waals surface area contributed by atoms with Crippen LogP contribution in [0.2, 0.25) is 0 Å². The van der Waals surface area contributed by atoms with Crippen molar-refractivity contribution < 1.29 is 27.5 Å². The Morgan fingerprint density at radius 1 is 0.795 bits per heavy atom. The summed E-state index contributed by atoms with van der Waals surface area (Å²) in [4.78, 5) is 28.8. The first-order chi connectivity index (χ1) is 21.2. The predicted molar refractivity (Wildman–Crippen MR) is 171 cm³/mol. The molecular weight excluding hydrogens is 578 g/mol. The van der Waals surface area contributed by atoms with Crippen molar-refractivity contribution in [3.8, 4) is 11.5 Å². The lowest BCUT2D eigenvalue weighted by Gasteiger charge is -2.33. The zero-order valence-corrected chi connectivity index (χ0v) is 25.9. The number of benzene rings is 4. The van der Waals surface area contributed by atoms with E-state index in [0.29, 0.717) is 23.8 Å². The second kappa shape index (κ2) is 15.1. The molecule has 9 nitrogen and oxygen atoms in total. The Bertz CT molecular complexity index is 1630. The highest BCUT2D eigenvalue weighted by Crippen LogP contribution is 2.24. The Kier molecular flexibility index (Phi) is 11.0. The van der Waals surface area contributed by atoms with Crippen molar-refractivity contribution in [1.29, 1.82) is 0 Å². The van der Waals surface area contributed by atoms with Crippen LogP contribution in [0.5, 0.6) is 11.5 Å². The standard InChI is InChI=1S/C34H37N3O6S/c1-35-34(39)32(22-26-11-6-4-7-12-26)36(23-28-15-10-16-31(21-28)42-2)33(38)24-37(44(3,40)41)29-17-19-30(20-18-29)43-25-27-13-8-5-9-14-27/h4-21,32H,22-25H2,1-3H3,(H,35,39). The maximum Gasteiger partial charge on any atom is 0.244 e. The Hall–Kier alpha value is -4.83. The molecule has 0 radical (unpaired) electrons. The molecule has 0 bridgehead atoms. The van der Waals surface area contributed by atoms with Crippen LogP contribution in [0.1, 0.15) is 16.7 Å². The topological polar surface area (TPSA) is 105 Å². The molecule has 0 aromatic heterocycles. The van der Waals surface area contributed by atoms with E-state index < -0.39 is 28.5 Å². The van der Waals surface area contributed by atoms with E-state index >= 15 is 0 Å². The summed E-state index contributed by atoms with van der Waals surface area (Å²) in [5, 5.41) is 2.67. The maximum atomic E-state index is 14.1. The van der Waals surface area contributed by atoms with Gasteiger partial charge < -0.3 is 19.7 Å². The fourth-order valence-electron chi connectivity index (χ4n) is 4.75. The molecule has 4 aromatic carbocycles. The summed E-state index contributed by atoms with van der Waals surface area (Å²) in [5.74, 6) is 0.254. The van der Waals surface area contributed by atoms with Gasteiger partial charge >= 0.3 is 0 Å². The number of methoxy groups -OCH3 is 1. The van der Waals surface area contributed by atoms with Gasteiger partial charge in [-0.2, -0.15) is 0 Å². The molecular formula is C34H37N3O6S. The fraction of sp³-hybridized carbons (Fsp3) is 0.235. The third kappa shape index (κ3) is 8.84.